The minimum atomic E-state index is -1.20. The maximum absolute atomic E-state index is 10.6. The van der Waals surface area contributed by atoms with Crippen LogP contribution in [0.1, 0.15) is 19.3 Å². The third-order valence-corrected chi connectivity index (χ3v) is 2.52. The molecule has 0 aromatic heterocycles. The second-order valence-corrected chi connectivity index (χ2v) is 4.38. The average Bonchev–Trinajstić information content (AvgIpc) is 2.44. The molecule has 0 spiro atoms. The highest BCUT2D eigenvalue weighted by Gasteiger charge is 2.13. The summed E-state index contributed by atoms with van der Waals surface area (Å²) in [7, 11) is 0. The third-order valence-electron chi connectivity index (χ3n) is 2.12. The Morgan fingerprint density at radius 2 is 1.67 bits per heavy atom. The standard InChI is InChI=1S/C6H14N2O2.C5H9NO4S/c7-4-2-1-3-5(8)6(9)10;6-3(2-11)5(9)10-1-4(7)8/h5H,1-4,7-8H2,(H,9,10);3,11H,1-2,6H2,(H,7,8). The Kier molecular flexibility index (Phi) is 14.2. The predicted molar refractivity (Wildman–Crippen MR) is 78.9 cm³/mol. The smallest absolute Gasteiger partial charge is 0.341 e. The van der Waals surface area contributed by atoms with E-state index in [0.29, 0.717) is 13.0 Å². The van der Waals surface area contributed by atoms with Crippen molar-refractivity contribution in [3.8, 4) is 0 Å². The molecule has 0 aromatic carbocycles. The molecular weight excluding hydrogens is 302 g/mol. The first kappa shape index (κ1) is 21.9. The highest BCUT2D eigenvalue weighted by Crippen LogP contribution is 1.97. The number of aliphatic carboxylic acids is 2. The number of nitrogens with two attached hydrogens (primary N) is 3. The Morgan fingerprint density at radius 1 is 1.10 bits per heavy atom. The first-order valence-corrected chi connectivity index (χ1v) is 6.82. The molecule has 0 saturated heterocycles. The number of carboxylic acid groups (broad SMARTS) is 2. The Bertz CT molecular complexity index is 329. The van der Waals surface area contributed by atoms with E-state index in [-0.39, 0.29) is 5.75 Å². The molecule has 8 N–H and O–H groups in total. The van der Waals surface area contributed by atoms with Crippen molar-refractivity contribution in [1.82, 2.24) is 0 Å². The maximum atomic E-state index is 10.6. The monoisotopic (exact) mass is 325 g/mol. The molecule has 9 nitrogen and oxygen atoms in total. The zero-order valence-corrected chi connectivity index (χ0v) is 12.5. The fourth-order valence-electron chi connectivity index (χ4n) is 0.947. The second kappa shape index (κ2) is 13.6. The first-order chi connectivity index (χ1) is 9.76. The van der Waals surface area contributed by atoms with Crippen molar-refractivity contribution in [3.63, 3.8) is 0 Å². The van der Waals surface area contributed by atoms with E-state index in [4.69, 9.17) is 27.4 Å². The van der Waals surface area contributed by atoms with Crippen LogP contribution in [-0.4, -0.2) is 59.1 Å². The van der Waals surface area contributed by atoms with Gasteiger partial charge < -0.3 is 32.2 Å². The van der Waals surface area contributed by atoms with E-state index in [1.165, 1.54) is 0 Å². The summed E-state index contributed by atoms with van der Waals surface area (Å²) in [4.78, 5) is 30.6. The van der Waals surface area contributed by atoms with Crippen LogP contribution >= 0.6 is 12.6 Å². The topological polar surface area (TPSA) is 179 Å². The second-order valence-electron chi connectivity index (χ2n) is 4.02. The number of rotatable bonds is 9. The molecule has 0 saturated carbocycles. The quantitative estimate of drug-likeness (QED) is 0.165. The Labute approximate surface area is 128 Å². The molecule has 0 fully saturated rings. The molecule has 0 radical (unpaired) electrons. The van der Waals surface area contributed by atoms with Crippen molar-refractivity contribution >= 4 is 30.5 Å². The first-order valence-electron chi connectivity index (χ1n) is 6.19. The molecule has 0 amide bonds. The van der Waals surface area contributed by atoms with Crippen molar-refractivity contribution in [2.45, 2.75) is 31.3 Å². The van der Waals surface area contributed by atoms with Crippen LogP contribution in [0.25, 0.3) is 0 Å². The summed E-state index contributed by atoms with van der Waals surface area (Å²) in [6, 6.07) is -1.57. The van der Waals surface area contributed by atoms with Crippen LogP contribution in [0.2, 0.25) is 0 Å². The number of ether oxygens (including phenoxy) is 1. The molecule has 2 atom stereocenters. The van der Waals surface area contributed by atoms with Gasteiger partial charge in [0.15, 0.2) is 6.61 Å². The lowest BCUT2D eigenvalue weighted by Crippen LogP contribution is -2.34. The van der Waals surface area contributed by atoms with E-state index in [9.17, 15) is 14.4 Å². The van der Waals surface area contributed by atoms with Crippen molar-refractivity contribution in [3.05, 3.63) is 0 Å². The zero-order chi connectivity index (χ0) is 16.8. The number of carboxylic acids is 2. The molecule has 124 valence electrons. The lowest BCUT2D eigenvalue weighted by atomic mass is 10.1. The fraction of sp³-hybridized carbons (Fsp3) is 0.727. The zero-order valence-electron chi connectivity index (χ0n) is 11.6. The molecule has 2 unspecified atom stereocenters. The highest BCUT2D eigenvalue weighted by atomic mass is 32.1. The van der Waals surface area contributed by atoms with Crippen LogP contribution in [0, 0.1) is 0 Å². The molecule has 0 aliphatic carbocycles. The predicted octanol–water partition coefficient (Wildman–Crippen LogP) is -1.60. The van der Waals surface area contributed by atoms with E-state index in [0.717, 1.165) is 12.8 Å². The third kappa shape index (κ3) is 14.9. The lowest BCUT2D eigenvalue weighted by molar-refractivity contribution is -0.155. The van der Waals surface area contributed by atoms with E-state index in [1.54, 1.807) is 0 Å². The lowest BCUT2D eigenvalue weighted by Gasteiger charge is -2.05. The molecule has 0 aliphatic heterocycles. The van der Waals surface area contributed by atoms with Gasteiger partial charge in [-0.1, -0.05) is 6.42 Å². The van der Waals surface area contributed by atoms with Crippen LogP contribution in [0.15, 0.2) is 0 Å². The van der Waals surface area contributed by atoms with Gasteiger partial charge in [0.1, 0.15) is 12.1 Å². The minimum absolute atomic E-state index is 0.137. The highest BCUT2D eigenvalue weighted by molar-refractivity contribution is 7.80. The van der Waals surface area contributed by atoms with Gasteiger partial charge in [-0.2, -0.15) is 12.6 Å². The molecule has 0 aromatic rings. The molecule has 0 bridgehead atoms. The number of thiol groups is 1. The minimum Gasteiger partial charge on any atom is -0.480 e. The van der Waals surface area contributed by atoms with E-state index < -0.39 is 36.6 Å². The van der Waals surface area contributed by atoms with Crippen LogP contribution < -0.4 is 17.2 Å². The number of hydrogen-bond acceptors (Lipinski definition) is 8. The van der Waals surface area contributed by atoms with Crippen molar-refractivity contribution < 1.29 is 29.3 Å². The van der Waals surface area contributed by atoms with Crippen molar-refractivity contribution in [2.24, 2.45) is 17.2 Å². The summed E-state index contributed by atoms with van der Waals surface area (Å²) in [5.74, 6) is -2.75. The van der Waals surface area contributed by atoms with E-state index in [1.807, 2.05) is 0 Å². The number of carbonyl (C=O) groups excluding carboxylic acids is 1. The molecule has 0 rings (SSSR count). The SMILES string of the molecule is NC(CS)C(=O)OCC(=O)O.NCCCCC(N)C(=O)O. The van der Waals surface area contributed by atoms with Crippen molar-refractivity contribution in [1.29, 1.82) is 0 Å². The molecular formula is C11H23N3O6S. The summed E-state index contributed by atoms with van der Waals surface area (Å²) >= 11 is 3.73. The Balaban J connectivity index is 0. The van der Waals surface area contributed by atoms with Gasteiger partial charge in [-0.25, -0.2) is 4.79 Å². The average molecular weight is 325 g/mol. The summed E-state index contributed by atoms with van der Waals surface area (Å²) in [5.41, 5.74) is 15.6. The molecule has 10 heteroatoms. The summed E-state index contributed by atoms with van der Waals surface area (Å²) in [5, 5.41) is 16.4. The van der Waals surface area contributed by atoms with Gasteiger partial charge in [0.25, 0.3) is 0 Å². The van der Waals surface area contributed by atoms with Crippen LogP contribution in [0.4, 0.5) is 0 Å². The molecule has 0 aliphatic rings. The van der Waals surface area contributed by atoms with E-state index >= 15 is 0 Å². The van der Waals surface area contributed by atoms with E-state index in [2.05, 4.69) is 17.4 Å². The Hall–Kier alpha value is -1.36. The van der Waals surface area contributed by atoms with Gasteiger partial charge in [-0.15, -0.1) is 0 Å². The van der Waals surface area contributed by atoms with Crippen LogP contribution in [0.3, 0.4) is 0 Å². The largest absolute Gasteiger partial charge is 0.480 e. The number of hydrogen-bond donors (Lipinski definition) is 6. The van der Waals surface area contributed by atoms with Crippen molar-refractivity contribution in [2.75, 3.05) is 18.9 Å². The van der Waals surface area contributed by atoms with Gasteiger partial charge in [0.2, 0.25) is 0 Å². The molecule has 0 heterocycles. The van der Waals surface area contributed by atoms with Crippen LogP contribution in [-0.2, 0) is 19.1 Å². The van der Waals surface area contributed by atoms with Gasteiger partial charge in [-0.3, -0.25) is 9.59 Å². The Morgan fingerprint density at radius 3 is 2.05 bits per heavy atom. The van der Waals surface area contributed by atoms with Gasteiger partial charge >= 0.3 is 17.9 Å². The van der Waals surface area contributed by atoms with Gasteiger partial charge in [0, 0.05) is 5.75 Å². The fourth-order valence-corrected chi connectivity index (χ4v) is 1.10. The number of unbranched alkanes of at least 4 members (excludes halogenated alkanes) is 1. The number of carbonyl (C=O) groups is 3. The van der Waals surface area contributed by atoms with Gasteiger partial charge in [0.05, 0.1) is 0 Å². The normalized spacial score (nSPS) is 12.6. The van der Waals surface area contributed by atoms with Gasteiger partial charge in [-0.05, 0) is 19.4 Å². The van der Waals surface area contributed by atoms with Crippen LogP contribution in [0.5, 0.6) is 0 Å². The summed E-state index contributed by atoms with van der Waals surface area (Å²) < 4.78 is 4.24. The molecule has 21 heavy (non-hydrogen) atoms. The number of esters is 1. The maximum Gasteiger partial charge on any atom is 0.341 e. The summed E-state index contributed by atoms with van der Waals surface area (Å²) in [6.07, 6.45) is 2.16. The summed E-state index contributed by atoms with van der Waals surface area (Å²) in [6.45, 7) is -0.0490.